The highest BCUT2D eigenvalue weighted by molar-refractivity contribution is 6.30. The number of halogens is 2. The third kappa shape index (κ3) is 5.70. The van der Waals surface area contributed by atoms with Crippen molar-refractivity contribution in [2.75, 3.05) is 13.6 Å². The maximum atomic E-state index is 5.90. The minimum absolute atomic E-state index is 0.376. The Morgan fingerprint density at radius 1 is 1.00 bits per heavy atom. The van der Waals surface area contributed by atoms with Crippen LogP contribution >= 0.6 is 23.2 Å². The number of hydrogen-bond acceptors (Lipinski definition) is 4. The number of aromatic nitrogens is 2. The number of nitrogens with zero attached hydrogens (tertiary/aromatic N) is 3. The zero-order valence-electron chi connectivity index (χ0n) is 14.7. The summed E-state index contributed by atoms with van der Waals surface area (Å²) >= 11 is 11.8. The molecule has 0 saturated carbocycles. The number of nitrogens with one attached hydrogen (secondary N) is 2. The van der Waals surface area contributed by atoms with Gasteiger partial charge in [0.1, 0.15) is 0 Å². The lowest BCUT2D eigenvalue weighted by Gasteiger charge is -2.10. The van der Waals surface area contributed by atoms with E-state index in [1.165, 1.54) is 5.56 Å². The molecule has 0 aliphatic heterocycles. The molecule has 0 atom stereocenters. The van der Waals surface area contributed by atoms with Crippen molar-refractivity contribution < 1.29 is 4.52 Å². The SMILES string of the molecule is CN=C(NCCc1ccc(Cl)cc1)NCc1nc(-c2ccc(Cl)cc2)no1. The minimum Gasteiger partial charge on any atom is -0.356 e. The molecule has 0 unspecified atom stereocenters. The number of hydrogen-bond donors (Lipinski definition) is 2. The van der Waals surface area contributed by atoms with Gasteiger partial charge in [0.15, 0.2) is 5.96 Å². The van der Waals surface area contributed by atoms with Gasteiger partial charge in [0.2, 0.25) is 11.7 Å². The fourth-order valence-electron chi connectivity index (χ4n) is 2.40. The zero-order valence-corrected chi connectivity index (χ0v) is 16.3. The molecule has 6 nitrogen and oxygen atoms in total. The number of aliphatic imine (C=N–C) groups is 1. The first-order valence-electron chi connectivity index (χ1n) is 8.41. The Morgan fingerprint density at radius 2 is 1.67 bits per heavy atom. The summed E-state index contributed by atoms with van der Waals surface area (Å²) in [5.74, 6) is 1.66. The van der Waals surface area contributed by atoms with Crippen molar-refractivity contribution in [1.29, 1.82) is 0 Å². The topological polar surface area (TPSA) is 75.3 Å². The van der Waals surface area contributed by atoms with E-state index in [-0.39, 0.29) is 0 Å². The monoisotopic (exact) mass is 403 g/mol. The second-order valence-electron chi connectivity index (χ2n) is 5.75. The van der Waals surface area contributed by atoms with Crippen molar-refractivity contribution in [3.63, 3.8) is 0 Å². The summed E-state index contributed by atoms with van der Waals surface area (Å²) < 4.78 is 5.28. The lowest BCUT2D eigenvalue weighted by Crippen LogP contribution is -2.37. The first-order valence-corrected chi connectivity index (χ1v) is 9.17. The highest BCUT2D eigenvalue weighted by Crippen LogP contribution is 2.18. The summed E-state index contributed by atoms with van der Waals surface area (Å²) in [6.07, 6.45) is 0.860. The van der Waals surface area contributed by atoms with Crippen LogP contribution in [0.1, 0.15) is 11.5 Å². The molecule has 0 radical (unpaired) electrons. The van der Waals surface area contributed by atoms with Crippen molar-refractivity contribution in [1.82, 2.24) is 20.8 Å². The standard InChI is InChI=1S/C19H19Cl2N5O/c1-22-19(23-11-10-13-2-6-15(20)7-3-13)24-12-17-25-18(26-27-17)14-4-8-16(21)9-5-14/h2-9H,10-12H2,1H3,(H2,22,23,24). The molecule has 1 aromatic heterocycles. The molecule has 1 heterocycles. The van der Waals surface area contributed by atoms with Crippen LogP contribution in [0.5, 0.6) is 0 Å². The van der Waals surface area contributed by atoms with Crippen LogP contribution in [0.15, 0.2) is 58.0 Å². The Balaban J connectivity index is 1.48. The van der Waals surface area contributed by atoms with Crippen LogP contribution in [0.25, 0.3) is 11.4 Å². The van der Waals surface area contributed by atoms with Crippen molar-refractivity contribution >= 4 is 29.2 Å². The molecule has 0 spiro atoms. The maximum absolute atomic E-state index is 5.90. The summed E-state index contributed by atoms with van der Waals surface area (Å²) in [6, 6.07) is 15.1. The first kappa shape index (κ1) is 19.2. The van der Waals surface area contributed by atoms with Crippen molar-refractivity contribution in [3.05, 3.63) is 70.0 Å². The van der Waals surface area contributed by atoms with Gasteiger partial charge in [-0.2, -0.15) is 4.98 Å². The highest BCUT2D eigenvalue weighted by Gasteiger charge is 2.09. The van der Waals surface area contributed by atoms with Crippen LogP contribution in [0.4, 0.5) is 0 Å². The summed E-state index contributed by atoms with van der Waals surface area (Å²) in [6.45, 7) is 1.11. The minimum atomic E-state index is 0.376. The molecular formula is C19H19Cl2N5O. The fraction of sp³-hybridized carbons (Fsp3) is 0.211. The Morgan fingerprint density at radius 3 is 2.33 bits per heavy atom. The Labute approximate surface area is 167 Å². The number of guanidine groups is 1. The van der Waals surface area contributed by atoms with Gasteiger partial charge in [0, 0.05) is 29.2 Å². The number of rotatable bonds is 6. The smallest absolute Gasteiger partial charge is 0.246 e. The summed E-state index contributed by atoms with van der Waals surface area (Å²) in [5.41, 5.74) is 2.05. The van der Waals surface area contributed by atoms with Crippen LogP contribution in [0.2, 0.25) is 10.0 Å². The van der Waals surface area contributed by atoms with Gasteiger partial charge in [0.05, 0.1) is 6.54 Å². The molecule has 8 heteroatoms. The summed E-state index contributed by atoms with van der Waals surface area (Å²) in [7, 11) is 1.71. The highest BCUT2D eigenvalue weighted by atomic mass is 35.5. The Hall–Kier alpha value is -2.57. The largest absolute Gasteiger partial charge is 0.356 e. The van der Waals surface area contributed by atoms with E-state index >= 15 is 0 Å². The van der Waals surface area contributed by atoms with Crippen LogP contribution in [0, 0.1) is 0 Å². The van der Waals surface area contributed by atoms with E-state index in [2.05, 4.69) is 25.8 Å². The van der Waals surface area contributed by atoms with Gasteiger partial charge in [0.25, 0.3) is 0 Å². The second-order valence-corrected chi connectivity index (χ2v) is 6.62. The molecule has 140 valence electrons. The molecule has 0 fully saturated rings. The molecule has 2 aromatic carbocycles. The van der Waals surface area contributed by atoms with Gasteiger partial charge >= 0.3 is 0 Å². The van der Waals surface area contributed by atoms with Gasteiger partial charge in [-0.1, -0.05) is 40.5 Å². The first-order chi connectivity index (χ1) is 13.1. The average molecular weight is 404 g/mol. The molecule has 0 aliphatic rings. The van der Waals surface area contributed by atoms with Gasteiger partial charge in [-0.05, 0) is 48.4 Å². The van der Waals surface area contributed by atoms with Crippen molar-refractivity contribution in [3.8, 4) is 11.4 Å². The van der Waals surface area contributed by atoms with Crippen molar-refractivity contribution in [2.45, 2.75) is 13.0 Å². The van der Waals surface area contributed by atoms with Gasteiger partial charge in [-0.25, -0.2) is 0 Å². The zero-order chi connectivity index (χ0) is 19.1. The third-order valence-corrected chi connectivity index (χ3v) is 4.32. The van der Waals surface area contributed by atoms with E-state index in [4.69, 9.17) is 27.7 Å². The average Bonchev–Trinajstić information content (AvgIpc) is 3.15. The fourth-order valence-corrected chi connectivity index (χ4v) is 2.65. The molecule has 0 amide bonds. The molecule has 0 saturated heterocycles. The molecule has 27 heavy (non-hydrogen) atoms. The van der Waals surface area contributed by atoms with E-state index in [9.17, 15) is 0 Å². The normalized spacial score (nSPS) is 11.4. The predicted octanol–water partition coefficient (Wildman–Crippen LogP) is 3.95. The maximum Gasteiger partial charge on any atom is 0.246 e. The van der Waals surface area contributed by atoms with E-state index in [0.29, 0.717) is 29.2 Å². The van der Waals surface area contributed by atoms with Crippen LogP contribution in [-0.2, 0) is 13.0 Å². The Bertz CT molecular complexity index is 891. The van der Waals surface area contributed by atoms with Gasteiger partial charge in [-0.3, -0.25) is 4.99 Å². The van der Waals surface area contributed by atoms with E-state index in [0.717, 1.165) is 23.6 Å². The van der Waals surface area contributed by atoms with Gasteiger partial charge < -0.3 is 15.2 Å². The molecule has 0 aliphatic carbocycles. The van der Waals surface area contributed by atoms with Crippen molar-refractivity contribution in [2.24, 2.45) is 4.99 Å². The second kappa shape index (κ2) is 9.39. The van der Waals surface area contributed by atoms with E-state index in [1.807, 2.05) is 36.4 Å². The lowest BCUT2D eigenvalue weighted by molar-refractivity contribution is 0.375. The van der Waals surface area contributed by atoms with E-state index in [1.54, 1.807) is 19.2 Å². The third-order valence-electron chi connectivity index (χ3n) is 3.82. The van der Waals surface area contributed by atoms with Crippen LogP contribution in [-0.4, -0.2) is 29.7 Å². The van der Waals surface area contributed by atoms with Crippen LogP contribution in [0.3, 0.4) is 0 Å². The lowest BCUT2D eigenvalue weighted by atomic mass is 10.1. The van der Waals surface area contributed by atoms with Gasteiger partial charge in [-0.15, -0.1) is 0 Å². The quantitative estimate of drug-likeness (QED) is 0.481. The van der Waals surface area contributed by atoms with E-state index < -0.39 is 0 Å². The molecule has 0 bridgehead atoms. The summed E-state index contributed by atoms with van der Waals surface area (Å²) in [5, 5.41) is 11.8. The molecule has 3 aromatic rings. The molecular weight excluding hydrogens is 385 g/mol. The Kier molecular flexibility index (Phi) is 6.68. The number of benzene rings is 2. The molecule has 2 N–H and O–H groups in total. The summed E-state index contributed by atoms with van der Waals surface area (Å²) in [4.78, 5) is 8.57. The molecule has 3 rings (SSSR count). The predicted molar refractivity (Wildman–Crippen MR) is 108 cm³/mol. The van der Waals surface area contributed by atoms with Crippen LogP contribution < -0.4 is 10.6 Å².